The number of hydrogen-bond donors (Lipinski definition) is 2. The molecule has 0 bridgehead atoms. The van der Waals surface area contributed by atoms with Gasteiger partial charge in [0.05, 0.1) is 24.3 Å². The summed E-state index contributed by atoms with van der Waals surface area (Å²) >= 11 is 8.81. The van der Waals surface area contributed by atoms with Gasteiger partial charge in [0, 0.05) is 22.6 Å². The molecule has 1 aliphatic heterocycles. The normalized spacial score (nSPS) is 20.2. The second-order valence-electron chi connectivity index (χ2n) is 6.71. The Bertz CT molecular complexity index is 1000. The molecule has 1 aromatic heterocycles. The second-order valence-corrected chi connectivity index (χ2v) is 8.12. The van der Waals surface area contributed by atoms with E-state index in [2.05, 4.69) is 62.9 Å². The van der Waals surface area contributed by atoms with Gasteiger partial charge < -0.3 is 15.4 Å². The first-order chi connectivity index (χ1) is 12.4. The molecule has 1 saturated heterocycles. The zero-order valence-corrected chi connectivity index (χ0v) is 16.9. The maximum absolute atomic E-state index is 5.64. The number of rotatable bonds is 3. The van der Waals surface area contributed by atoms with Crippen LogP contribution in [0.5, 0.6) is 0 Å². The third-order valence-electron chi connectivity index (χ3n) is 4.62. The van der Waals surface area contributed by atoms with E-state index >= 15 is 0 Å². The van der Waals surface area contributed by atoms with Crippen molar-refractivity contribution < 1.29 is 4.74 Å². The number of fused-ring (bicyclic) bond motifs is 1. The molecule has 3 aromatic rings. The summed E-state index contributed by atoms with van der Waals surface area (Å²) in [6, 6.07) is 14.4. The highest BCUT2D eigenvalue weighted by molar-refractivity contribution is 9.10. The molecule has 2 heterocycles. The fourth-order valence-corrected chi connectivity index (χ4v) is 3.94. The predicted octanol–water partition coefficient (Wildman–Crippen LogP) is 4.24. The van der Waals surface area contributed by atoms with Gasteiger partial charge in [-0.25, -0.2) is 0 Å². The van der Waals surface area contributed by atoms with E-state index in [0.717, 1.165) is 37.4 Å². The maximum Gasteiger partial charge on any atom is 0.160 e. The van der Waals surface area contributed by atoms with Gasteiger partial charge in [0.15, 0.2) is 5.82 Å². The molecule has 2 N–H and O–H groups in total. The first kappa shape index (κ1) is 17.5. The van der Waals surface area contributed by atoms with Crippen molar-refractivity contribution in [2.24, 2.45) is 7.05 Å². The number of morpholine rings is 1. The standard InChI is InChI=1S/C19H19BrN4OS/c1-19(11-25-10-17(26)22-19)12-4-3-5-14(8-12)21-18-15-7-6-13(20)9-16(15)24(2)23-18/h3-9H,10-11H2,1-2H3,(H,21,23)(H,22,26)/t19-/m1/s1. The zero-order valence-electron chi connectivity index (χ0n) is 14.5. The van der Waals surface area contributed by atoms with Crippen molar-refractivity contribution in [3.8, 4) is 0 Å². The summed E-state index contributed by atoms with van der Waals surface area (Å²) in [5.74, 6) is 0.834. The smallest absolute Gasteiger partial charge is 0.160 e. The number of thiocarbonyl (C=S) groups is 1. The SMILES string of the molecule is Cn1nc(Nc2cccc([C@@]3(C)COCC(=S)N3)c2)c2ccc(Br)cc21. The Morgan fingerprint density at radius 2 is 2.15 bits per heavy atom. The van der Waals surface area contributed by atoms with E-state index in [1.54, 1.807) is 0 Å². The molecule has 5 nitrogen and oxygen atoms in total. The van der Waals surface area contributed by atoms with Crippen molar-refractivity contribution in [2.75, 3.05) is 18.5 Å². The van der Waals surface area contributed by atoms with E-state index < -0.39 is 0 Å². The van der Waals surface area contributed by atoms with Crippen LogP contribution in [0.4, 0.5) is 11.5 Å². The van der Waals surface area contributed by atoms with Crippen molar-refractivity contribution in [1.82, 2.24) is 15.1 Å². The summed E-state index contributed by atoms with van der Waals surface area (Å²) in [7, 11) is 1.95. The van der Waals surface area contributed by atoms with Gasteiger partial charge in [0.2, 0.25) is 0 Å². The summed E-state index contributed by atoms with van der Waals surface area (Å²) in [5, 5.41) is 12.5. The molecule has 134 valence electrons. The summed E-state index contributed by atoms with van der Waals surface area (Å²) < 4.78 is 8.55. The minimum Gasteiger partial charge on any atom is -0.372 e. The van der Waals surface area contributed by atoms with Crippen LogP contribution in [0.3, 0.4) is 0 Å². The molecule has 0 unspecified atom stereocenters. The van der Waals surface area contributed by atoms with Crippen LogP contribution in [0, 0.1) is 0 Å². The third-order valence-corrected chi connectivity index (χ3v) is 5.33. The van der Waals surface area contributed by atoms with Crippen molar-refractivity contribution >= 4 is 55.5 Å². The van der Waals surface area contributed by atoms with Crippen molar-refractivity contribution in [2.45, 2.75) is 12.5 Å². The second kappa shape index (κ2) is 6.64. The molecule has 1 fully saturated rings. The lowest BCUT2D eigenvalue weighted by Crippen LogP contribution is -2.52. The quantitative estimate of drug-likeness (QED) is 0.608. The fraction of sp³-hybridized carbons (Fsp3) is 0.263. The van der Waals surface area contributed by atoms with E-state index in [-0.39, 0.29) is 5.54 Å². The highest BCUT2D eigenvalue weighted by Gasteiger charge is 2.31. The topological polar surface area (TPSA) is 51.1 Å². The average Bonchev–Trinajstić information content (AvgIpc) is 2.90. The fourth-order valence-electron chi connectivity index (χ4n) is 3.28. The first-order valence-corrected chi connectivity index (χ1v) is 9.53. The van der Waals surface area contributed by atoms with E-state index in [0.29, 0.717) is 13.2 Å². The molecular weight excluding hydrogens is 412 g/mol. The average molecular weight is 431 g/mol. The third kappa shape index (κ3) is 3.22. The highest BCUT2D eigenvalue weighted by atomic mass is 79.9. The summed E-state index contributed by atoms with van der Waals surface area (Å²) in [6.07, 6.45) is 0. The van der Waals surface area contributed by atoms with Crippen molar-refractivity contribution in [3.63, 3.8) is 0 Å². The van der Waals surface area contributed by atoms with Gasteiger partial charge in [-0.15, -0.1) is 0 Å². The Balaban J connectivity index is 1.67. The highest BCUT2D eigenvalue weighted by Crippen LogP contribution is 2.30. The molecule has 0 saturated carbocycles. The number of nitrogens with zero attached hydrogens (tertiary/aromatic N) is 2. The minimum absolute atomic E-state index is 0.329. The van der Waals surface area contributed by atoms with Crippen LogP contribution in [0.1, 0.15) is 12.5 Å². The monoisotopic (exact) mass is 430 g/mol. The van der Waals surface area contributed by atoms with Crippen LogP contribution in [0.15, 0.2) is 46.9 Å². The molecule has 0 amide bonds. The number of ether oxygens (including phenoxy) is 1. The number of hydrogen-bond acceptors (Lipinski definition) is 4. The van der Waals surface area contributed by atoms with Crippen LogP contribution < -0.4 is 10.6 Å². The number of halogens is 1. The van der Waals surface area contributed by atoms with Crippen LogP contribution in [0.25, 0.3) is 10.9 Å². The number of aryl methyl sites for hydroxylation is 1. The Hall–Kier alpha value is -1.96. The van der Waals surface area contributed by atoms with Gasteiger partial charge in [0.1, 0.15) is 4.99 Å². The molecule has 26 heavy (non-hydrogen) atoms. The predicted molar refractivity (Wildman–Crippen MR) is 112 cm³/mol. The number of nitrogens with one attached hydrogen (secondary N) is 2. The van der Waals surface area contributed by atoms with Gasteiger partial charge in [-0.2, -0.15) is 5.10 Å². The van der Waals surface area contributed by atoms with Crippen molar-refractivity contribution in [3.05, 3.63) is 52.5 Å². The molecule has 0 aliphatic carbocycles. The van der Waals surface area contributed by atoms with Crippen LogP contribution >= 0.6 is 28.1 Å². The van der Waals surface area contributed by atoms with E-state index in [4.69, 9.17) is 17.0 Å². The molecule has 1 aliphatic rings. The van der Waals surface area contributed by atoms with Crippen molar-refractivity contribution in [1.29, 1.82) is 0 Å². The molecule has 7 heteroatoms. The number of aromatic nitrogens is 2. The first-order valence-electron chi connectivity index (χ1n) is 8.33. The maximum atomic E-state index is 5.64. The molecule has 1 atom stereocenters. The number of anilines is 2. The van der Waals surface area contributed by atoms with Gasteiger partial charge in [-0.05, 0) is 42.8 Å². The van der Waals surface area contributed by atoms with Gasteiger partial charge in [0.25, 0.3) is 0 Å². The molecular formula is C19H19BrN4OS. The molecule has 0 radical (unpaired) electrons. The van der Waals surface area contributed by atoms with E-state index in [1.165, 1.54) is 0 Å². The van der Waals surface area contributed by atoms with Gasteiger partial charge in [-0.1, -0.05) is 40.3 Å². The Morgan fingerprint density at radius 3 is 2.96 bits per heavy atom. The summed E-state index contributed by atoms with van der Waals surface area (Å²) in [4.78, 5) is 0.735. The zero-order chi connectivity index (χ0) is 18.3. The lowest BCUT2D eigenvalue weighted by molar-refractivity contribution is 0.0876. The van der Waals surface area contributed by atoms with E-state index in [1.807, 2.05) is 29.9 Å². The minimum atomic E-state index is -0.329. The molecule has 4 rings (SSSR count). The lowest BCUT2D eigenvalue weighted by Gasteiger charge is -2.36. The van der Waals surface area contributed by atoms with E-state index in [9.17, 15) is 0 Å². The largest absolute Gasteiger partial charge is 0.372 e. The lowest BCUT2D eigenvalue weighted by atomic mass is 9.91. The van der Waals surface area contributed by atoms with Crippen LogP contribution in [0.2, 0.25) is 0 Å². The molecule has 0 spiro atoms. The Morgan fingerprint density at radius 1 is 1.31 bits per heavy atom. The van der Waals surface area contributed by atoms with Crippen LogP contribution in [-0.2, 0) is 17.3 Å². The van der Waals surface area contributed by atoms with Crippen LogP contribution in [-0.4, -0.2) is 28.0 Å². The Labute approximate surface area is 165 Å². The van der Waals surface area contributed by atoms with Gasteiger partial charge in [-0.3, -0.25) is 4.68 Å². The molecule has 2 aromatic carbocycles. The summed E-state index contributed by atoms with van der Waals surface area (Å²) in [5.41, 5.74) is 2.83. The summed E-state index contributed by atoms with van der Waals surface area (Å²) in [6.45, 7) is 3.17. The van der Waals surface area contributed by atoms with Gasteiger partial charge >= 0.3 is 0 Å². The number of benzene rings is 2. The Kier molecular flexibility index (Phi) is 4.46.